The fourth-order valence-electron chi connectivity index (χ4n) is 3.45. The molecule has 0 atom stereocenters. The van der Waals surface area contributed by atoms with E-state index in [9.17, 15) is 19.2 Å². The molecule has 2 aromatic rings. The Bertz CT molecular complexity index is 969. The summed E-state index contributed by atoms with van der Waals surface area (Å²) in [6.07, 6.45) is 0. The zero-order chi connectivity index (χ0) is 29.3. The van der Waals surface area contributed by atoms with Gasteiger partial charge in [-0.25, -0.2) is 0 Å². The summed E-state index contributed by atoms with van der Waals surface area (Å²) >= 11 is -0.869. The standard InChI is InChI=1S/C28H36N2O8Te2/c1-5-35-25(31)17-29(18-26(32)36-6-2)21-9-13-23(14-10-21)39-40-24-15-11-22(12-16-24)30(19-27(33)37-7-3)20-28(34)38-8-4/h9-16H,5-8,17-20H2,1-4H3. The van der Waals surface area contributed by atoms with Gasteiger partial charge in [-0.3, -0.25) is 0 Å². The third kappa shape index (κ3) is 12.3. The van der Waals surface area contributed by atoms with E-state index in [0.29, 0.717) is 0 Å². The summed E-state index contributed by atoms with van der Waals surface area (Å²) in [5.74, 6) is -1.60. The number of carbonyl (C=O) groups excluding carboxylic acids is 4. The van der Waals surface area contributed by atoms with Crippen LogP contribution in [0, 0.1) is 0 Å². The van der Waals surface area contributed by atoms with Crippen molar-refractivity contribution in [3.63, 3.8) is 0 Å². The summed E-state index contributed by atoms with van der Waals surface area (Å²) < 4.78 is 22.8. The zero-order valence-corrected chi connectivity index (χ0v) is 27.9. The Morgan fingerprint density at radius 3 is 0.975 bits per heavy atom. The van der Waals surface area contributed by atoms with Crippen LogP contribution in [-0.2, 0) is 38.1 Å². The van der Waals surface area contributed by atoms with Gasteiger partial charge in [-0.1, -0.05) is 0 Å². The molecular weight excluding hydrogens is 748 g/mol. The minimum atomic E-state index is -0.434. The Morgan fingerprint density at radius 2 is 0.750 bits per heavy atom. The maximum atomic E-state index is 12.1. The first-order valence-corrected chi connectivity index (χ1v) is 22.6. The molecule has 0 saturated carbocycles. The van der Waals surface area contributed by atoms with Gasteiger partial charge in [-0.2, -0.15) is 0 Å². The Labute approximate surface area is 252 Å². The Kier molecular flexibility index (Phi) is 15.8. The molecule has 12 heteroatoms. The maximum absolute atomic E-state index is 12.1. The Morgan fingerprint density at radius 1 is 0.500 bits per heavy atom. The molecule has 0 unspecified atom stereocenters. The average molecular weight is 784 g/mol. The molecule has 0 aromatic heterocycles. The molecule has 0 amide bonds. The van der Waals surface area contributed by atoms with Gasteiger partial charge in [0.15, 0.2) is 0 Å². The molecule has 2 rings (SSSR count). The van der Waals surface area contributed by atoms with Crippen molar-refractivity contribution in [3.05, 3.63) is 48.5 Å². The van der Waals surface area contributed by atoms with Crippen molar-refractivity contribution in [2.24, 2.45) is 0 Å². The number of rotatable bonds is 17. The van der Waals surface area contributed by atoms with Crippen molar-refractivity contribution in [2.45, 2.75) is 27.7 Å². The van der Waals surface area contributed by atoms with Crippen LogP contribution in [-0.4, -0.2) is 111 Å². The molecule has 0 heterocycles. The SMILES string of the molecule is CCOC(=O)CN(CC(=O)OCC)c1ccc([Te][Te]c2ccc(N(CC(=O)OCC)CC(=O)OCC)cc2)cc1. The van der Waals surface area contributed by atoms with Crippen LogP contribution in [0.15, 0.2) is 48.5 Å². The van der Waals surface area contributed by atoms with Crippen LogP contribution in [0.3, 0.4) is 0 Å². The molecule has 218 valence electrons. The van der Waals surface area contributed by atoms with Gasteiger partial charge < -0.3 is 0 Å². The van der Waals surface area contributed by atoms with E-state index in [0.717, 1.165) is 11.4 Å². The van der Waals surface area contributed by atoms with Crippen LogP contribution in [0.1, 0.15) is 27.7 Å². The van der Waals surface area contributed by atoms with Gasteiger partial charge in [-0.15, -0.1) is 0 Å². The van der Waals surface area contributed by atoms with Crippen LogP contribution in [0.4, 0.5) is 11.4 Å². The summed E-state index contributed by atoms with van der Waals surface area (Å²) in [7, 11) is 0. The van der Waals surface area contributed by atoms with E-state index in [2.05, 4.69) is 24.3 Å². The zero-order valence-electron chi connectivity index (χ0n) is 23.3. The van der Waals surface area contributed by atoms with Crippen LogP contribution in [0.5, 0.6) is 0 Å². The number of carbonyl (C=O) groups is 4. The minimum absolute atomic E-state index is 0.0351. The summed E-state index contributed by atoms with van der Waals surface area (Å²) in [5.41, 5.74) is 1.51. The molecule has 10 nitrogen and oxygen atoms in total. The number of esters is 4. The van der Waals surface area contributed by atoms with Crippen molar-refractivity contribution in [2.75, 3.05) is 62.4 Å². The molecule has 0 saturated heterocycles. The second kappa shape index (κ2) is 18.8. The van der Waals surface area contributed by atoms with Crippen molar-refractivity contribution < 1.29 is 38.1 Å². The summed E-state index contributed by atoms with van der Waals surface area (Å²) in [4.78, 5) is 51.6. The van der Waals surface area contributed by atoms with Crippen LogP contribution in [0.2, 0.25) is 0 Å². The average Bonchev–Trinajstić information content (AvgIpc) is 2.92. The molecule has 0 aliphatic heterocycles. The fourth-order valence-corrected chi connectivity index (χ4v) is 13.3. The van der Waals surface area contributed by atoms with Crippen molar-refractivity contribution >= 4 is 76.6 Å². The Hall–Kier alpha value is -2.50. The molecule has 2 aromatic carbocycles. The predicted octanol–water partition coefficient (Wildman–Crippen LogP) is 0.826. The van der Waals surface area contributed by atoms with E-state index in [1.54, 1.807) is 37.5 Å². The van der Waals surface area contributed by atoms with E-state index < -0.39 is 58.0 Å². The predicted molar refractivity (Wildman–Crippen MR) is 155 cm³/mol. The monoisotopic (exact) mass is 788 g/mol. The second-order valence-corrected chi connectivity index (χ2v) is 18.1. The van der Waals surface area contributed by atoms with Gasteiger partial charge in [0.05, 0.1) is 0 Å². The first-order valence-electron chi connectivity index (χ1n) is 13.0. The normalized spacial score (nSPS) is 10.4. The number of ether oxygens (including phenoxy) is 4. The van der Waals surface area contributed by atoms with Gasteiger partial charge in [-0.05, 0) is 0 Å². The first-order chi connectivity index (χ1) is 19.3. The van der Waals surface area contributed by atoms with E-state index in [-0.39, 0.29) is 52.6 Å². The first kappa shape index (κ1) is 33.7. The third-order valence-corrected chi connectivity index (χ3v) is 17.0. The topological polar surface area (TPSA) is 112 Å². The molecule has 0 aliphatic rings. The summed E-state index contributed by atoms with van der Waals surface area (Å²) in [6, 6.07) is 15.9. The van der Waals surface area contributed by atoms with Gasteiger partial charge in [0, 0.05) is 0 Å². The van der Waals surface area contributed by atoms with Crippen molar-refractivity contribution in [1.29, 1.82) is 0 Å². The molecular formula is C28H36N2O8Te2. The number of nitrogens with zero attached hydrogens (tertiary/aromatic N) is 2. The fraction of sp³-hybridized carbons (Fsp3) is 0.429. The third-order valence-electron chi connectivity index (χ3n) is 5.14. The second-order valence-electron chi connectivity index (χ2n) is 8.09. The number of benzene rings is 2. The summed E-state index contributed by atoms with van der Waals surface area (Å²) in [6.45, 7) is 7.93. The molecule has 0 spiro atoms. The van der Waals surface area contributed by atoms with Crippen molar-refractivity contribution in [3.8, 4) is 0 Å². The van der Waals surface area contributed by atoms with Crippen LogP contribution < -0.4 is 17.0 Å². The van der Waals surface area contributed by atoms with E-state index >= 15 is 0 Å². The van der Waals surface area contributed by atoms with E-state index in [1.165, 1.54) is 7.22 Å². The molecule has 0 aliphatic carbocycles. The van der Waals surface area contributed by atoms with Crippen LogP contribution in [0.25, 0.3) is 0 Å². The number of hydrogen-bond donors (Lipinski definition) is 0. The van der Waals surface area contributed by atoms with E-state index in [4.69, 9.17) is 18.9 Å². The van der Waals surface area contributed by atoms with E-state index in [1.807, 2.05) is 24.3 Å². The van der Waals surface area contributed by atoms with Crippen molar-refractivity contribution in [1.82, 2.24) is 0 Å². The number of hydrogen-bond acceptors (Lipinski definition) is 10. The molecule has 0 bridgehead atoms. The van der Waals surface area contributed by atoms with Gasteiger partial charge in [0.2, 0.25) is 0 Å². The molecule has 40 heavy (non-hydrogen) atoms. The molecule has 0 fully saturated rings. The molecule has 0 radical (unpaired) electrons. The Balaban J connectivity index is 2.04. The molecule has 0 N–H and O–H groups in total. The van der Waals surface area contributed by atoms with Gasteiger partial charge >= 0.3 is 253 Å². The van der Waals surface area contributed by atoms with Crippen LogP contribution >= 0.6 is 0 Å². The van der Waals surface area contributed by atoms with Gasteiger partial charge in [0.1, 0.15) is 0 Å². The van der Waals surface area contributed by atoms with Gasteiger partial charge in [0.25, 0.3) is 0 Å². The summed E-state index contributed by atoms with van der Waals surface area (Å²) in [5, 5.41) is 0. The number of anilines is 2. The quantitative estimate of drug-likeness (QED) is 0.130.